The highest BCUT2D eigenvalue weighted by Crippen LogP contribution is 2.36. The van der Waals surface area contributed by atoms with Crippen LogP contribution in [0.5, 0.6) is 0 Å². The van der Waals surface area contributed by atoms with Crippen LogP contribution in [-0.2, 0) is 24.0 Å². The van der Waals surface area contributed by atoms with Crippen LogP contribution in [-0.4, -0.2) is 32.2 Å². The fourth-order valence-corrected chi connectivity index (χ4v) is 3.27. The number of anilines is 1. The number of ether oxygens (including phenoxy) is 1. The first-order valence-electron chi connectivity index (χ1n) is 9.47. The lowest BCUT2D eigenvalue weighted by molar-refractivity contribution is -0.138. The van der Waals surface area contributed by atoms with Crippen LogP contribution < -0.4 is 11.1 Å². The maximum atomic E-state index is 13.3. The van der Waals surface area contributed by atoms with Gasteiger partial charge in [-0.1, -0.05) is 17.7 Å². The number of unbranched alkanes of at least 4 members (excludes halogenated alkanes) is 1. The largest absolute Gasteiger partial charge is 0.450 e. The van der Waals surface area contributed by atoms with E-state index in [0.717, 1.165) is 6.07 Å². The fraction of sp³-hybridized carbons (Fsp3) is 0.368. The van der Waals surface area contributed by atoms with E-state index in [-0.39, 0.29) is 34.2 Å². The second-order valence-corrected chi connectivity index (χ2v) is 7.28. The molecule has 0 aliphatic carbocycles. The van der Waals surface area contributed by atoms with Crippen molar-refractivity contribution in [1.29, 1.82) is 0 Å². The van der Waals surface area contributed by atoms with Gasteiger partial charge >= 0.3 is 18.3 Å². The van der Waals surface area contributed by atoms with Crippen LogP contribution in [0.3, 0.4) is 0 Å². The number of benzene rings is 1. The van der Waals surface area contributed by atoms with E-state index in [4.69, 9.17) is 22.1 Å². The Morgan fingerprint density at radius 1 is 1.28 bits per heavy atom. The van der Waals surface area contributed by atoms with Gasteiger partial charge in [-0.3, -0.25) is 0 Å². The normalized spacial score (nSPS) is 11.7. The second kappa shape index (κ2) is 9.55. The summed E-state index contributed by atoms with van der Waals surface area (Å²) in [7, 11) is 0. The Kier molecular flexibility index (Phi) is 7.02. The van der Waals surface area contributed by atoms with Crippen LogP contribution in [0, 0.1) is 13.0 Å². The van der Waals surface area contributed by atoms with Crippen molar-refractivity contribution in [2.75, 3.05) is 12.3 Å². The van der Waals surface area contributed by atoms with Gasteiger partial charge in [-0.15, -0.1) is 0 Å². The maximum absolute atomic E-state index is 13.3. The van der Waals surface area contributed by atoms with Gasteiger partial charge in [-0.05, 0) is 31.4 Å². The molecule has 0 aliphatic heterocycles. The van der Waals surface area contributed by atoms with Gasteiger partial charge in [-0.25, -0.2) is 9.78 Å². The van der Waals surface area contributed by atoms with Crippen LogP contribution in [0.1, 0.15) is 29.5 Å². The molecule has 172 valence electrons. The van der Waals surface area contributed by atoms with E-state index >= 15 is 0 Å². The number of hydrogen-bond donors (Lipinski definition) is 2. The van der Waals surface area contributed by atoms with Crippen molar-refractivity contribution in [3.8, 4) is 0 Å². The number of fused-ring (bicyclic) bond motifs is 1. The Morgan fingerprint density at radius 3 is 2.75 bits per heavy atom. The maximum Gasteiger partial charge on any atom is 0.416 e. The van der Waals surface area contributed by atoms with Gasteiger partial charge in [0.05, 0.1) is 18.5 Å². The Balaban J connectivity index is 1.47. The average Bonchev–Trinajstić information content (AvgIpc) is 3.11. The van der Waals surface area contributed by atoms with Crippen LogP contribution in [0.4, 0.5) is 28.2 Å². The highest BCUT2D eigenvalue weighted by atomic mass is 35.5. The molecule has 1 aromatic carbocycles. The molecule has 0 unspecified atom stereocenters. The number of alkyl carbamates (subject to hydrolysis) is 1. The number of rotatable bonds is 7. The van der Waals surface area contributed by atoms with Crippen LogP contribution in [0.15, 0.2) is 18.5 Å². The number of halogens is 5. The summed E-state index contributed by atoms with van der Waals surface area (Å²) in [6.07, 6.45) is -4.01. The Bertz CT molecular complexity index is 1140. The summed E-state index contributed by atoms with van der Waals surface area (Å²) in [5.74, 6) is -0.0614. The SMILES string of the molecule is Cc1ccc(C(F)(F)F)c(CNC(=O)OCCCCn2cnc3c(N)nc(F)nc32)c1Cl. The smallest absolute Gasteiger partial charge is 0.416 e. The molecule has 8 nitrogen and oxygen atoms in total. The van der Waals surface area contributed by atoms with Crippen molar-refractivity contribution < 1.29 is 27.1 Å². The molecule has 3 N–H and O–H groups in total. The molecule has 0 saturated carbocycles. The molecule has 3 rings (SSSR count). The van der Waals surface area contributed by atoms with Crippen LogP contribution >= 0.6 is 11.6 Å². The third-order valence-corrected chi connectivity index (χ3v) is 5.17. The number of nitrogens with two attached hydrogens (primary N) is 1. The molecule has 13 heteroatoms. The van der Waals surface area contributed by atoms with E-state index in [9.17, 15) is 22.4 Å². The number of imidazole rings is 1. The number of nitrogens with zero attached hydrogens (tertiary/aromatic N) is 4. The first kappa shape index (κ1) is 23.5. The highest BCUT2D eigenvalue weighted by molar-refractivity contribution is 6.32. The lowest BCUT2D eigenvalue weighted by Crippen LogP contribution is -2.26. The Morgan fingerprint density at radius 2 is 2.03 bits per heavy atom. The molecule has 0 saturated heterocycles. The van der Waals surface area contributed by atoms with Crippen LogP contribution in [0.25, 0.3) is 11.2 Å². The van der Waals surface area contributed by atoms with Gasteiger partial charge in [-0.2, -0.15) is 27.5 Å². The van der Waals surface area contributed by atoms with Crippen molar-refractivity contribution in [3.63, 3.8) is 0 Å². The van der Waals surface area contributed by atoms with Gasteiger partial charge in [0.15, 0.2) is 11.5 Å². The van der Waals surface area contributed by atoms with Crippen molar-refractivity contribution in [1.82, 2.24) is 24.8 Å². The highest BCUT2D eigenvalue weighted by Gasteiger charge is 2.34. The summed E-state index contributed by atoms with van der Waals surface area (Å²) in [5, 5.41) is 2.23. The summed E-state index contributed by atoms with van der Waals surface area (Å²) in [6, 6.07) is 2.19. The van der Waals surface area contributed by atoms with Crippen molar-refractivity contribution in [2.45, 2.75) is 39.0 Å². The molecule has 3 aromatic rings. The molecular weight excluding hydrogens is 456 g/mol. The van der Waals surface area contributed by atoms with E-state index in [0.29, 0.717) is 24.9 Å². The van der Waals surface area contributed by atoms with Gasteiger partial charge in [0.2, 0.25) is 0 Å². The van der Waals surface area contributed by atoms with E-state index in [1.807, 2.05) is 0 Å². The zero-order valence-electron chi connectivity index (χ0n) is 16.8. The van der Waals surface area contributed by atoms with Gasteiger partial charge in [0.25, 0.3) is 0 Å². The number of alkyl halides is 3. The first-order valence-corrected chi connectivity index (χ1v) is 9.85. The molecule has 0 bridgehead atoms. The number of hydrogen-bond acceptors (Lipinski definition) is 6. The lowest BCUT2D eigenvalue weighted by atomic mass is 10.0. The Hall–Kier alpha value is -3.15. The Labute approximate surface area is 184 Å². The number of nitrogen functional groups attached to an aromatic ring is 1. The van der Waals surface area contributed by atoms with Crippen molar-refractivity contribution in [2.24, 2.45) is 0 Å². The van der Waals surface area contributed by atoms with E-state index < -0.39 is 30.5 Å². The van der Waals surface area contributed by atoms with E-state index in [2.05, 4.69) is 20.3 Å². The predicted octanol–water partition coefficient (Wildman–Crippen LogP) is 4.23. The molecule has 2 aromatic heterocycles. The second-order valence-electron chi connectivity index (χ2n) is 6.90. The summed E-state index contributed by atoms with van der Waals surface area (Å²) in [4.78, 5) is 23.0. The molecule has 0 radical (unpaired) electrons. The summed E-state index contributed by atoms with van der Waals surface area (Å²) in [5.41, 5.74) is 5.46. The molecule has 1 amide bonds. The predicted molar refractivity (Wildman–Crippen MR) is 108 cm³/mol. The topological polar surface area (TPSA) is 108 Å². The minimum atomic E-state index is -4.60. The van der Waals surface area contributed by atoms with Crippen LogP contribution in [0.2, 0.25) is 5.02 Å². The first-order chi connectivity index (χ1) is 15.1. The monoisotopic (exact) mass is 474 g/mol. The molecule has 0 aliphatic rings. The number of nitrogens with one attached hydrogen (secondary N) is 1. The van der Waals surface area contributed by atoms with Gasteiger partial charge < -0.3 is 20.4 Å². The third kappa shape index (κ3) is 5.36. The molecule has 0 spiro atoms. The van der Waals surface area contributed by atoms with Gasteiger partial charge in [0.1, 0.15) is 5.52 Å². The summed E-state index contributed by atoms with van der Waals surface area (Å²) in [6.45, 7) is 1.58. The minimum Gasteiger partial charge on any atom is -0.450 e. The zero-order chi connectivity index (χ0) is 23.5. The summed E-state index contributed by atoms with van der Waals surface area (Å²) >= 11 is 6.00. The fourth-order valence-electron chi connectivity index (χ4n) is 3.04. The molecule has 32 heavy (non-hydrogen) atoms. The van der Waals surface area contributed by atoms with Gasteiger partial charge in [0, 0.05) is 23.7 Å². The number of aryl methyl sites for hydroxylation is 2. The van der Waals surface area contributed by atoms with Crippen molar-refractivity contribution >= 4 is 34.7 Å². The zero-order valence-corrected chi connectivity index (χ0v) is 17.6. The quantitative estimate of drug-likeness (QED) is 0.301. The average molecular weight is 475 g/mol. The number of amides is 1. The number of carbonyl (C=O) groups is 1. The molecule has 2 heterocycles. The van der Waals surface area contributed by atoms with Crippen molar-refractivity contribution in [3.05, 3.63) is 46.3 Å². The number of aromatic nitrogens is 4. The summed E-state index contributed by atoms with van der Waals surface area (Å²) < 4.78 is 59.5. The molecule has 0 atom stereocenters. The number of carbonyl (C=O) groups excluding carboxylic acids is 1. The molecular formula is C19H19ClF4N6O2. The third-order valence-electron chi connectivity index (χ3n) is 4.64. The standard InChI is InChI=1S/C19H19ClF4N6O2/c1-10-4-5-12(19(22,23)24)11(13(10)20)8-26-18(31)32-7-3-2-6-30-9-27-14-15(25)28-17(21)29-16(14)30/h4-5,9H,2-3,6-8H2,1H3,(H,26,31)(H2,25,28,29). The molecule has 0 fully saturated rings. The minimum absolute atomic E-state index is 0.0254. The van der Waals surface area contributed by atoms with E-state index in [1.54, 1.807) is 11.5 Å². The van der Waals surface area contributed by atoms with E-state index in [1.165, 1.54) is 12.4 Å². The lowest BCUT2D eigenvalue weighted by Gasteiger charge is -2.16.